The van der Waals surface area contributed by atoms with Gasteiger partial charge in [0.2, 0.25) is 0 Å². The molecule has 0 spiro atoms. The molecule has 1 atom stereocenters. The number of carbonyl (C=O) groups is 1. The lowest BCUT2D eigenvalue weighted by molar-refractivity contribution is -0.114. The summed E-state index contributed by atoms with van der Waals surface area (Å²) in [6.07, 6.45) is 0.602. The molecule has 1 aliphatic carbocycles. The van der Waals surface area contributed by atoms with Crippen LogP contribution >= 0.6 is 15.9 Å². The minimum Gasteiger partial charge on any atom is -0.401 e. The summed E-state index contributed by atoms with van der Waals surface area (Å²) in [5.74, 6) is -0.0306. The summed E-state index contributed by atoms with van der Waals surface area (Å²) in [4.78, 5) is 12.7. The topological polar surface area (TPSA) is 43.1 Å². The first kappa shape index (κ1) is 13.1. The molecule has 2 aromatic rings. The van der Waals surface area contributed by atoms with Crippen molar-refractivity contribution < 1.29 is 4.79 Å². The fraction of sp³-hybridized carbons (Fsp3) is 0.118. The molecule has 0 aromatic heterocycles. The Hall–Kier alpha value is -1.87. The molecule has 2 aromatic carbocycles. The minimum atomic E-state index is -0.148. The van der Waals surface area contributed by atoms with Crippen LogP contribution in [0.4, 0.5) is 0 Å². The van der Waals surface area contributed by atoms with Crippen LogP contribution < -0.4 is 5.73 Å². The molecule has 0 saturated heterocycles. The molecular formula is C17H14BrNO. The van der Waals surface area contributed by atoms with E-state index in [-0.39, 0.29) is 11.7 Å². The molecule has 0 fully saturated rings. The van der Waals surface area contributed by atoms with Crippen molar-refractivity contribution in [2.24, 2.45) is 5.73 Å². The van der Waals surface area contributed by atoms with Crippen molar-refractivity contribution >= 4 is 27.3 Å². The number of nitrogens with two attached hydrogens (primary N) is 1. The number of hydrogen-bond acceptors (Lipinski definition) is 2. The van der Waals surface area contributed by atoms with Gasteiger partial charge in [0.1, 0.15) is 0 Å². The van der Waals surface area contributed by atoms with E-state index in [1.54, 1.807) is 0 Å². The van der Waals surface area contributed by atoms with Crippen molar-refractivity contribution in [3.63, 3.8) is 0 Å². The fourth-order valence-electron chi connectivity index (χ4n) is 2.67. The van der Waals surface area contributed by atoms with Gasteiger partial charge in [-0.2, -0.15) is 0 Å². The van der Waals surface area contributed by atoms with E-state index < -0.39 is 0 Å². The third-order valence-corrected chi connectivity index (χ3v) is 4.12. The summed E-state index contributed by atoms with van der Waals surface area (Å²) in [7, 11) is 0. The molecule has 2 N–H and O–H groups in total. The van der Waals surface area contributed by atoms with E-state index in [9.17, 15) is 4.79 Å². The third-order valence-electron chi connectivity index (χ3n) is 3.62. The van der Waals surface area contributed by atoms with Gasteiger partial charge < -0.3 is 5.73 Å². The fourth-order valence-corrected chi connectivity index (χ4v) is 3.07. The van der Waals surface area contributed by atoms with Gasteiger partial charge in [0.05, 0.1) is 5.92 Å². The Morgan fingerprint density at radius 2 is 1.80 bits per heavy atom. The highest BCUT2D eigenvalue weighted by atomic mass is 79.9. The number of allylic oxidation sites excluding steroid dienone is 2. The first-order valence-corrected chi connectivity index (χ1v) is 7.30. The largest absolute Gasteiger partial charge is 0.401 e. The molecule has 0 saturated carbocycles. The van der Waals surface area contributed by atoms with Gasteiger partial charge in [0.25, 0.3) is 0 Å². The lowest BCUT2D eigenvalue weighted by Crippen LogP contribution is -2.07. The molecule has 100 valence electrons. The second-order valence-electron chi connectivity index (χ2n) is 4.94. The number of rotatable bonds is 2. The molecule has 0 radical (unpaired) electrons. The number of halogens is 1. The van der Waals surface area contributed by atoms with Crippen molar-refractivity contribution in [2.45, 2.75) is 12.3 Å². The van der Waals surface area contributed by atoms with Crippen molar-refractivity contribution in [1.82, 2.24) is 0 Å². The second-order valence-corrected chi connectivity index (χ2v) is 5.86. The Labute approximate surface area is 126 Å². The highest BCUT2D eigenvalue weighted by molar-refractivity contribution is 9.10. The van der Waals surface area contributed by atoms with Crippen LogP contribution in [0.2, 0.25) is 0 Å². The molecule has 0 aliphatic heterocycles. The molecule has 20 heavy (non-hydrogen) atoms. The maximum Gasteiger partial charge on any atom is 0.173 e. The molecule has 2 nitrogen and oxygen atoms in total. The second kappa shape index (κ2) is 5.25. The number of carbonyl (C=O) groups excluding carboxylic acids is 1. The van der Waals surface area contributed by atoms with Crippen molar-refractivity contribution in [3.05, 3.63) is 75.9 Å². The van der Waals surface area contributed by atoms with Crippen LogP contribution in [0.5, 0.6) is 0 Å². The van der Waals surface area contributed by atoms with Gasteiger partial charge in [0.15, 0.2) is 5.78 Å². The normalized spacial score (nSPS) is 18.6. The Bertz CT molecular complexity index is 691. The summed E-state index contributed by atoms with van der Waals surface area (Å²) in [5, 5.41) is 0. The van der Waals surface area contributed by atoms with Gasteiger partial charge in [-0.15, -0.1) is 0 Å². The van der Waals surface area contributed by atoms with E-state index in [1.807, 2.05) is 54.6 Å². The quantitative estimate of drug-likeness (QED) is 0.909. The number of hydrogen-bond donors (Lipinski definition) is 1. The van der Waals surface area contributed by atoms with Gasteiger partial charge in [-0.25, -0.2) is 0 Å². The molecule has 3 rings (SSSR count). The van der Waals surface area contributed by atoms with Gasteiger partial charge in [-0.05, 0) is 23.3 Å². The predicted molar refractivity (Wildman–Crippen MR) is 84.1 cm³/mol. The van der Waals surface area contributed by atoms with Crippen LogP contribution in [-0.4, -0.2) is 5.78 Å². The number of benzene rings is 2. The third kappa shape index (κ3) is 2.29. The number of Topliss-reactive ketones (excluding diaryl/α,β-unsaturated/α-hetero) is 1. The standard InChI is InChI=1S/C17H14BrNO/c18-13-8-4-7-12(9-13)16-15(19)10-14(17(16)20)11-5-2-1-3-6-11/h1-9,14H,10,19H2. The average molecular weight is 328 g/mol. The van der Waals surface area contributed by atoms with E-state index in [4.69, 9.17) is 5.73 Å². The van der Waals surface area contributed by atoms with Gasteiger partial charge in [0, 0.05) is 22.2 Å². The first-order chi connectivity index (χ1) is 9.66. The Morgan fingerprint density at radius 3 is 2.50 bits per heavy atom. The maximum absolute atomic E-state index is 12.7. The van der Waals surface area contributed by atoms with E-state index >= 15 is 0 Å². The monoisotopic (exact) mass is 327 g/mol. The molecule has 1 aliphatic rings. The predicted octanol–water partition coefficient (Wildman–Crippen LogP) is 3.88. The lowest BCUT2D eigenvalue weighted by Gasteiger charge is -2.09. The van der Waals surface area contributed by atoms with Crippen LogP contribution in [0.15, 0.2) is 64.8 Å². The molecule has 0 heterocycles. The van der Waals surface area contributed by atoms with E-state index in [0.717, 1.165) is 15.6 Å². The summed E-state index contributed by atoms with van der Waals surface area (Å²) >= 11 is 3.43. The number of ketones is 1. The highest BCUT2D eigenvalue weighted by Gasteiger charge is 2.33. The van der Waals surface area contributed by atoms with Crippen molar-refractivity contribution in [2.75, 3.05) is 0 Å². The van der Waals surface area contributed by atoms with Crippen LogP contribution in [0.3, 0.4) is 0 Å². The van der Waals surface area contributed by atoms with E-state index in [2.05, 4.69) is 15.9 Å². The maximum atomic E-state index is 12.7. The highest BCUT2D eigenvalue weighted by Crippen LogP contribution is 2.38. The first-order valence-electron chi connectivity index (χ1n) is 6.50. The van der Waals surface area contributed by atoms with E-state index in [1.165, 1.54) is 0 Å². The summed E-state index contributed by atoms with van der Waals surface area (Å²) < 4.78 is 0.950. The van der Waals surface area contributed by atoms with Crippen molar-refractivity contribution in [1.29, 1.82) is 0 Å². The molecule has 0 amide bonds. The zero-order chi connectivity index (χ0) is 14.1. The van der Waals surface area contributed by atoms with Crippen LogP contribution in [-0.2, 0) is 4.79 Å². The van der Waals surface area contributed by atoms with Gasteiger partial charge >= 0.3 is 0 Å². The zero-order valence-electron chi connectivity index (χ0n) is 10.8. The van der Waals surface area contributed by atoms with Crippen molar-refractivity contribution in [3.8, 4) is 0 Å². The summed E-state index contributed by atoms with van der Waals surface area (Å²) in [6, 6.07) is 17.6. The lowest BCUT2D eigenvalue weighted by atomic mass is 9.93. The molecule has 0 bridgehead atoms. The smallest absolute Gasteiger partial charge is 0.173 e. The Kier molecular flexibility index (Phi) is 3.45. The molecule has 1 unspecified atom stereocenters. The van der Waals surface area contributed by atoms with Crippen LogP contribution in [0, 0.1) is 0 Å². The van der Waals surface area contributed by atoms with E-state index in [0.29, 0.717) is 17.7 Å². The summed E-state index contributed by atoms with van der Waals surface area (Å²) in [6.45, 7) is 0. The van der Waals surface area contributed by atoms with Gasteiger partial charge in [-0.1, -0.05) is 58.4 Å². The average Bonchev–Trinajstić information content (AvgIpc) is 2.75. The van der Waals surface area contributed by atoms with Crippen LogP contribution in [0.25, 0.3) is 5.57 Å². The minimum absolute atomic E-state index is 0.117. The van der Waals surface area contributed by atoms with Gasteiger partial charge in [-0.3, -0.25) is 4.79 Å². The van der Waals surface area contributed by atoms with Crippen LogP contribution in [0.1, 0.15) is 23.5 Å². The molecule has 3 heteroatoms. The zero-order valence-corrected chi connectivity index (χ0v) is 12.4. The Morgan fingerprint density at radius 1 is 1.05 bits per heavy atom. The molecular weight excluding hydrogens is 314 g/mol. The SMILES string of the molecule is NC1=C(c2cccc(Br)c2)C(=O)C(c2ccccc2)C1. The summed E-state index contributed by atoms with van der Waals surface area (Å²) in [5.41, 5.74) is 9.39. The Balaban J connectivity index is 1.98.